The summed E-state index contributed by atoms with van der Waals surface area (Å²) in [6.45, 7) is 2.87. The smallest absolute Gasteiger partial charge is 0.303 e. The lowest BCUT2D eigenvalue weighted by atomic mass is 9.77. The molecule has 1 aliphatic carbocycles. The minimum absolute atomic E-state index is 0.140. The number of fused-ring (bicyclic) bond motifs is 1. The number of carboxylic acids is 1. The van der Waals surface area contributed by atoms with Crippen LogP contribution in [0, 0.1) is 11.8 Å². The van der Waals surface area contributed by atoms with Crippen molar-refractivity contribution >= 4 is 22.7 Å². The molecule has 0 saturated heterocycles. The first-order chi connectivity index (χ1) is 13.6. The number of aromatic nitrogens is 1. The van der Waals surface area contributed by atoms with E-state index in [1.54, 1.807) is 0 Å². The van der Waals surface area contributed by atoms with E-state index in [1.165, 1.54) is 38.5 Å². The molecule has 0 spiro atoms. The third-order valence-corrected chi connectivity index (χ3v) is 6.28. The van der Waals surface area contributed by atoms with E-state index in [1.807, 2.05) is 30.5 Å². The highest BCUT2D eigenvalue weighted by molar-refractivity contribution is 6.09. The molecule has 1 aliphatic rings. The molecule has 152 valence electrons. The van der Waals surface area contributed by atoms with Crippen LogP contribution in [0.1, 0.15) is 81.5 Å². The number of aliphatic carboxylic acids is 1. The molecule has 4 nitrogen and oxygen atoms in total. The fourth-order valence-electron chi connectivity index (χ4n) is 4.64. The van der Waals surface area contributed by atoms with Gasteiger partial charge in [-0.05, 0) is 44.1 Å². The third-order valence-electron chi connectivity index (χ3n) is 6.28. The van der Waals surface area contributed by atoms with Crippen molar-refractivity contribution in [3.63, 3.8) is 0 Å². The number of Topliss-reactive ketones (excluding diaryl/α,β-unsaturated/α-hetero) is 1. The van der Waals surface area contributed by atoms with Crippen LogP contribution < -0.4 is 0 Å². The molecule has 0 aliphatic heterocycles. The monoisotopic (exact) mass is 383 g/mol. The number of aryl methyl sites for hydroxylation is 1. The number of carbonyl (C=O) groups excluding carboxylic acids is 1. The molecule has 1 saturated carbocycles. The molecule has 1 fully saturated rings. The van der Waals surface area contributed by atoms with Gasteiger partial charge in [-0.15, -0.1) is 0 Å². The molecular formula is C24H33NO3. The fourth-order valence-corrected chi connectivity index (χ4v) is 4.64. The summed E-state index contributed by atoms with van der Waals surface area (Å²) in [6, 6.07) is 8.00. The van der Waals surface area contributed by atoms with Crippen molar-refractivity contribution in [3.8, 4) is 0 Å². The average molecular weight is 384 g/mol. The fraction of sp³-hybridized carbons (Fsp3) is 0.583. The molecule has 0 atom stereocenters. The van der Waals surface area contributed by atoms with E-state index in [4.69, 9.17) is 5.11 Å². The van der Waals surface area contributed by atoms with Crippen molar-refractivity contribution in [1.29, 1.82) is 0 Å². The van der Waals surface area contributed by atoms with Crippen molar-refractivity contribution in [2.24, 2.45) is 11.8 Å². The molecule has 1 aromatic heterocycles. The number of rotatable bonds is 10. The zero-order chi connectivity index (χ0) is 19.9. The first kappa shape index (κ1) is 20.6. The Morgan fingerprint density at radius 2 is 1.82 bits per heavy atom. The second-order valence-corrected chi connectivity index (χ2v) is 8.33. The number of hydrogen-bond acceptors (Lipinski definition) is 2. The highest BCUT2D eigenvalue weighted by Gasteiger charge is 2.28. The molecule has 2 aromatic rings. The van der Waals surface area contributed by atoms with E-state index >= 15 is 0 Å². The van der Waals surface area contributed by atoms with Crippen molar-refractivity contribution in [2.75, 3.05) is 0 Å². The summed E-state index contributed by atoms with van der Waals surface area (Å²) in [4.78, 5) is 24.1. The average Bonchev–Trinajstić information content (AvgIpc) is 3.07. The predicted octanol–water partition coefficient (Wildman–Crippen LogP) is 6.08. The van der Waals surface area contributed by atoms with E-state index in [2.05, 4.69) is 11.5 Å². The summed E-state index contributed by atoms with van der Waals surface area (Å²) in [6.07, 6.45) is 12.3. The lowest BCUT2D eigenvalue weighted by molar-refractivity contribution is -0.137. The van der Waals surface area contributed by atoms with Crippen LogP contribution in [0.25, 0.3) is 10.9 Å². The summed E-state index contributed by atoms with van der Waals surface area (Å²) in [5.41, 5.74) is 1.85. The summed E-state index contributed by atoms with van der Waals surface area (Å²) in [5.74, 6) is 0.442. The van der Waals surface area contributed by atoms with Gasteiger partial charge in [-0.1, -0.05) is 50.8 Å². The number of nitrogens with zero attached hydrogens (tertiary/aromatic N) is 1. The molecule has 4 heteroatoms. The van der Waals surface area contributed by atoms with Crippen LogP contribution in [0.5, 0.6) is 0 Å². The van der Waals surface area contributed by atoms with E-state index in [0.717, 1.165) is 35.2 Å². The van der Waals surface area contributed by atoms with Gasteiger partial charge in [0.15, 0.2) is 5.78 Å². The van der Waals surface area contributed by atoms with Gasteiger partial charge in [-0.25, -0.2) is 0 Å². The van der Waals surface area contributed by atoms with E-state index in [-0.39, 0.29) is 18.1 Å². The van der Waals surface area contributed by atoms with Crippen molar-refractivity contribution in [1.82, 2.24) is 4.57 Å². The summed E-state index contributed by atoms with van der Waals surface area (Å²) < 4.78 is 2.06. The number of carboxylic acid groups (broad SMARTS) is 1. The van der Waals surface area contributed by atoms with Crippen molar-refractivity contribution in [2.45, 2.75) is 77.7 Å². The Labute approximate surface area is 167 Å². The topological polar surface area (TPSA) is 59.3 Å². The van der Waals surface area contributed by atoms with E-state index < -0.39 is 5.97 Å². The zero-order valence-corrected chi connectivity index (χ0v) is 17.0. The van der Waals surface area contributed by atoms with Crippen LogP contribution >= 0.6 is 0 Å². The van der Waals surface area contributed by atoms with Gasteiger partial charge in [0.2, 0.25) is 0 Å². The summed E-state index contributed by atoms with van der Waals surface area (Å²) >= 11 is 0. The first-order valence-electron chi connectivity index (χ1n) is 10.9. The SMILES string of the molecule is CCCCC[C@H]1CC[C@H](C(=O)c2cn(CCCC(=O)O)c3ccccc23)CC1. The van der Waals surface area contributed by atoms with Gasteiger partial charge in [0.25, 0.3) is 0 Å². The molecule has 0 radical (unpaired) electrons. The van der Waals surface area contributed by atoms with Crippen LogP contribution in [-0.2, 0) is 11.3 Å². The number of para-hydroxylation sites is 1. The van der Waals surface area contributed by atoms with Gasteiger partial charge >= 0.3 is 5.97 Å². The number of carbonyl (C=O) groups is 2. The van der Waals surface area contributed by atoms with Crippen LogP contribution in [0.4, 0.5) is 0 Å². The van der Waals surface area contributed by atoms with Gasteiger partial charge in [-0.2, -0.15) is 0 Å². The minimum Gasteiger partial charge on any atom is -0.481 e. The van der Waals surface area contributed by atoms with Crippen molar-refractivity contribution in [3.05, 3.63) is 36.0 Å². The maximum atomic E-state index is 13.3. The highest BCUT2D eigenvalue weighted by atomic mass is 16.4. The van der Waals surface area contributed by atoms with Crippen LogP contribution in [0.2, 0.25) is 0 Å². The van der Waals surface area contributed by atoms with Gasteiger partial charge in [0.05, 0.1) is 0 Å². The number of ketones is 1. The van der Waals surface area contributed by atoms with Gasteiger partial charge < -0.3 is 9.67 Å². The highest BCUT2D eigenvalue weighted by Crippen LogP contribution is 2.35. The first-order valence-corrected chi connectivity index (χ1v) is 10.9. The Bertz CT molecular complexity index is 799. The maximum Gasteiger partial charge on any atom is 0.303 e. The molecule has 0 bridgehead atoms. The largest absolute Gasteiger partial charge is 0.481 e. The second kappa shape index (κ2) is 9.90. The lowest BCUT2D eigenvalue weighted by Gasteiger charge is -2.27. The number of hydrogen-bond donors (Lipinski definition) is 1. The Morgan fingerprint density at radius 3 is 2.54 bits per heavy atom. The van der Waals surface area contributed by atoms with Gasteiger partial charge in [0, 0.05) is 41.5 Å². The number of unbranched alkanes of at least 4 members (excludes halogenated alkanes) is 2. The molecule has 3 rings (SSSR count). The third kappa shape index (κ3) is 5.03. The Morgan fingerprint density at radius 1 is 1.07 bits per heavy atom. The van der Waals surface area contributed by atoms with Crippen LogP contribution in [0.15, 0.2) is 30.5 Å². The standard InChI is InChI=1S/C24H33NO3/c1-2-3-4-8-18-12-14-19(15-13-18)24(28)21-17-25(16-7-11-23(26)27)22-10-6-5-9-20(21)22/h5-6,9-10,17-19H,2-4,7-8,11-16H2,1H3,(H,26,27)/t18-,19-. The molecule has 0 amide bonds. The lowest BCUT2D eigenvalue weighted by Crippen LogP contribution is -2.22. The normalized spacial score (nSPS) is 19.8. The summed E-state index contributed by atoms with van der Waals surface area (Å²) in [7, 11) is 0. The zero-order valence-electron chi connectivity index (χ0n) is 17.0. The minimum atomic E-state index is -0.775. The molecule has 28 heavy (non-hydrogen) atoms. The van der Waals surface area contributed by atoms with E-state index in [0.29, 0.717) is 13.0 Å². The maximum absolute atomic E-state index is 13.3. The predicted molar refractivity (Wildman–Crippen MR) is 113 cm³/mol. The number of benzene rings is 1. The summed E-state index contributed by atoms with van der Waals surface area (Å²) in [5, 5.41) is 9.90. The Hall–Kier alpha value is -2.10. The van der Waals surface area contributed by atoms with Crippen LogP contribution in [0.3, 0.4) is 0 Å². The van der Waals surface area contributed by atoms with E-state index in [9.17, 15) is 9.59 Å². The Kier molecular flexibility index (Phi) is 7.30. The van der Waals surface area contributed by atoms with Gasteiger partial charge in [-0.3, -0.25) is 9.59 Å². The molecule has 0 unspecified atom stereocenters. The van der Waals surface area contributed by atoms with Gasteiger partial charge in [0.1, 0.15) is 0 Å². The molecular weight excluding hydrogens is 350 g/mol. The quantitative estimate of drug-likeness (QED) is 0.400. The van der Waals surface area contributed by atoms with Crippen LogP contribution in [-0.4, -0.2) is 21.4 Å². The molecule has 1 heterocycles. The molecule has 1 aromatic carbocycles. The Balaban J connectivity index is 1.67. The van der Waals surface area contributed by atoms with Crippen molar-refractivity contribution < 1.29 is 14.7 Å². The second-order valence-electron chi connectivity index (χ2n) is 8.33. The molecule has 1 N–H and O–H groups in total.